The van der Waals surface area contributed by atoms with Crippen molar-refractivity contribution in [1.82, 2.24) is 25.8 Å². The molecule has 0 aliphatic heterocycles. The van der Waals surface area contributed by atoms with Gasteiger partial charge in [0.25, 0.3) is 5.91 Å². The van der Waals surface area contributed by atoms with Crippen molar-refractivity contribution in [2.24, 2.45) is 0 Å². The van der Waals surface area contributed by atoms with E-state index in [4.69, 9.17) is 16.7 Å². The summed E-state index contributed by atoms with van der Waals surface area (Å²) >= 11 is 6.51. The molecule has 5 rings (SSSR count). The molecular weight excluding hydrogens is 676 g/mol. The largest absolute Gasteiger partial charge is 0.480 e. The maximum Gasteiger partial charge on any atom is 0.471 e. The Hall–Kier alpha value is -4.80. The molecule has 0 radical (unpaired) electrons. The summed E-state index contributed by atoms with van der Waals surface area (Å²) in [7, 11) is 1.51. The number of carboxylic acid groups (broad SMARTS) is 1. The summed E-state index contributed by atoms with van der Waals surface area (Å²) < 4.78 is 74.5. The van der Waals surface area contributed by atoms with Gasteiger partial charge in [-0.25, -0.2) is 4.79 Å². The quantitative estimate of drug-likeness (QED) is 0.220. The van der Waals surface area contributed by atoms with Gasteiger partial charge in [0.05, 0.1) is 16.6 Å². The second kappa shape index (κ2) is 13.0. The van der Waals surface area contributed by atoms with Crippen LogP contribution in [0.4, 0.5) is 26.3 Å². The third-order valence-corrected chi connectivity index (χ3v) is 8.20. The number of nitrogens with zero attached hydrogens (tertiary/aromatic N) is 1. The number of rotatable bonds is 8. The van der Waals surface area contributed by atoms with Crippen LogP contribution in [-0.4, -0.2) is 69.7 Å². The number of amides is 4. The minimum atomic E-state index is -5.06. The number of benzene rings is 2. The second-order valence-corrected chi connectivity index (χ2v) is 11.6. The van der Waals surface area contributed by atoms with Gasteiger partial charge in [0.15, 0.2) is 0 Å². The van der Waals surface area contributed by atoms with E-state index in [1.54, 1.807) is 41.1 Å². The number of carbonyl (C=O) groups is 5. The first-order chi connectivity index (χ1) is 22.3. The fourth-order valence-corrected chi connectivity index (χ4v) is 5.08. The van der Waals surface area contributed by atoms with Crippen molar-refractivity contribution >= 4 is 52.1 Å². The van der Waals surface area contributed by atoms with Crippen molar-refractivity contribution < 1.29 is 55.4 Å². The van der Waals surface area contributed by atoms with Gasteiger partial charge in [0, 0.05) is 18.1 Å². The molecule has 2 aliphatic rings. The molecule has 1 atom stereocenters. The number of fused-ring (bicyclic) bond motifs is 1. The van der Waals surface area contributed by atoms with E-state index < -0.39 is 53.2 Å². The minimum absolute atomic E-state index is 0.0458. The molecule has 1 aromatic heterocycles. The Morgan fingerprint density at radius 3 is 1.79 bits per heavy atom. The number of nitrogens with one attached hydrogen (secondary N) is 4. The van der Waals surface area contributed by atoms with E-state index >= 15 is 0 Å². The number of aliphatic carboxylic acids is 1. The summed E-state index contributed by atoms with van der Waals surface area (Å²) in [6, 6.07) is 13.8. The number of hydrogen-bond donors (Lipinski definition) is 5. The van der Waals surface area contributed by atoms with Gasteiger partial charge >= 0.3 is 30.1 Å². The zero-order valence-corrected chi connectivity index (χ0v) is 25.9. The average molecular weight is 704 g/mol. The van der Waals surface area contributed by atoms with Crippen molar-refractivity contribution in [3.05, 3.63) is 64.8 Å². The summed E-state index contributed by atoms with van der Waals surface area (Å²) in [6.45, 7) is 1.69. The maximum absolute atomic E-state index is 12.6. The monoisotopic (exact) mass is 703 g/mol. The number of carboxylic acids is 1. The van der Waals surface area contributed by atoms with E-state index in [-0.39, 0.29) is 37.3 Å². The molecule has 2 saturated carbocycles. The van der Waals surface area contributed by atoms with Crippen molar-refractivity contribution in [3.8, 4) is 5.69 Å². The predicted molar refractivity (Wildman–Crippen MR) is 158 cm³/mol. The van der Waals surface area contributed by atoms with Gasteiger partial charge < -0.3 is 30.9 Å². The molecule has 0 bridgehead atoms. The van der Waals surface area contributed by atoms with E-state index in [1.807, 2.05) is 24.3 Å². The predicted octanol–water partition coefficient (Wildman–Crippen LogP) is 4.31. The van der Waals surface area contributed by atoms with E-state index in [1.165, 1.54) is 12.4 Å². The number of carbonyl (C=O) groups excluding carboxylic acids is 4. The Morgan fingerprint density at radius 1 is 0.833 bits per heavy atom. The Kier molecular flexibility index (Phi) is 9.77. The minimum Gasteiger partial charge on any atom is -0.480 e. The molecule has 11 nitrogen and oxygen atoms in total. The van der Waals surface area contributed by atoms with Gasteiger partial charge in [0.2, 0.25) is 5.91 Å². The van der Waals surface area contributed by atoms with E-state index in [0.717, 1.165) is 5.52 Å². The molecule has 4 amide bonds. The molecule has 2 fully saturated rings. The van der Waals surface area contributed by atoms with Crippen LogP contribution in [0.15, 0.2) is 48.5 Å². The number of aromatic nitrogens is 1. The zero-order chi connectivity index (χ0) is 35.8. The van der Waals surface area contributed by atoms with Crippen LogP contribution in [0.2, 0.25) is 5.02 Å². The number of alkyl halides is 6. The Balaban J connectivity index is 0.000000336. The summed E-state index contributed by atoms with van der Waals surface area (Å²) in [6.07, 6.45) is -9.72. The van der Waals surface area contributed by atoms with Crippen LogP contribution in [0.5, 0.6) is 0 Å². The fraction of sp³-hybridized carbons (Fsp3) is 0.367. The molecular formula is C30H28ClF6N5O6. The zero-order valence-electron chi connectivity index (χ0n) is 25.1. The van der Waals surface area contributed by atoms with E-state index in [0.29, 0.717) is 21.7 Å². The Morgan fingerprint density at radius 2 is 1.33 bits per heavy atom. The van der Waals surface area contributed by atoms with Crippen LogP contribution in [0.3, 0.4) is 0 Å². The number of para-hydroxylation sites is 1. The lowest BCUT2D eigenvalue weighted by Crippen LogP contribution is -2.52. The van der Waals surface area contributed by atoms with Gasteiger partial charge in [0.1, 0.15) is 16.8 Å². The summed E-state index contributed by atoms with van der Waals surface area (Å²) in [5.41, 5.74) is -0.854. The van der Waals surface area contributed by atoms with Crippen LogP contribution in [0.25, 0.3) is 16.6 Å². The molecule has 0 saturated heterocycles. The summed E-state index contributed by atoms with van der Waals surface area (Å²) in [5.74, 6) is -6.78. The molecule has 2 aromatic carbocycles. The lowest BCUT2D eigenvalue weighted by Gasteiger charge is -2.22. The third-order valence-electron chi connectivity index (χ3n) is 7.82. The van der Waals surface area contributed by atoms with Gasteiger partial charge in [-0.05, 0) is 56.4 Å². The molecule has 3 aromatic rings. The highest BCUT2D eigenvalue weighted by Gasteiger charge is 2.56. The summed E-state index contributed by atoms with van der Waals surface area (Å²) in [5, 5.41) is 18.0. The van der Waals surface area contributed by atoms with Crippen LogP contribution in [-0.2, 0) is 19.2 Å². The maximum atomic E-state index is 12.6. The molecule has 48 heavy (non-hydrogen) atoms. The van der Waals surface area contributed by atoms with Crippen molar-refractivity contribution in [2.75, 3.05) is 7.05 Å². The van der Waals surface area contributed by atoms with Crippen LogP contribution < -0.4 is 21.3 Å². The topological polar surface area (TPSA) is 159 Å². The van der Waals surface area contributed by atoms with E-state index in [9.17, 15) is 50.3 Å². The standard InChI is InChI=1S/C24H22ClF3N4O3.C6H6F3NO3/c1-13(30-21(34)23(11-12-23)31-22(35)24(26,27)28)14-7-9-15(10-8-14)32-17-6-4-3-5-16(17)18(25)19(32)20(33)29-2;7-6(8,9)3(11)10-5(1-2-5)4(12)13/h3-10,13H,11-12H2,1-2H3,(H,29,33)(H,30,34)(H,31,35);1-2H2,(H,10,11)(H,12,13). The first-order valence-corrected chi connectivity index (χ1v) is 14.6. The average Bonchev–Trinajstić information content (AvgIpc) is 3.95. The first-order valence-electron chi connectivity index (χ1n) is 14.2. The van der Waals surface area contributed by atoms with Crippen molar-refractivity contribution in [3.63, 3.8) is 0 Å². The van der Waals surface area contributed by atoms with E-state index in [2.05, 4.69) is 10.6 Å². The van der Waals surface area contributed by atoms with Crippen molar-refractivity contribution in [2.45, 2.75) is 62.1 Å². The SMILES string of the molecule is CNC(=O)c1c(Cl)c2ccccc2n1-c1ccc(C(C)NC(=O)C2(NC(=O)C(F)(F)F)CC2)cc1.O=C(NC1(C(=O)O)CC1)C(F)(F)F. The Labute approximate surface area is 273 Å². The smallest absolute Gasteiger partial charge is 0.471 e. The lowest BCUT2D eigenvalue weighted by molar-refractivity contribution is -0.176. The lowest BCUT2D eigenvalue weighted by atomic mass is 10.1. The highest BCUT2D eigenvalue weighted by Crippen LogP contribution is 2.38. The van der Waals surface area contributed by atoms with Crippen LogP contribution in [0.1, 0.15) is 54.7 Å². The number of hydrogen-bond acceptors (Lipinski definition) is 5. The summed E-state index contributed by atoms with van der Waals surface area (Å²) in [4.78, 5) is 57.2. The van der Waals surface area contributed by atoms with Crippen LogP contribution >= 0.6 is 11.6 Å². The molecule has 5 N–H and O–H groups in total. The van der Waals surface area contributed by atoms with Crippen LogP contribution in [0, 0.1) is 0 Å². The number of halogens is 7. The van der Waals surface area contributed by atoms with Gasteiger partial charge in [-0.3, -0.25) is 19.2 Å². The van der Waals surface area contributed by atoms with Gasteiger partial charge in [-0.2, -0.15) is 26.3 Å². The molecule has 1 heterocycles. The molecule has 0 spiro atoms. The second-order valence-electron chi connectivity index (χ2n) is 11.3. The van der Waals surface area contributed by atoms with Crippen molar-refractivity contribution in [1.29, 1.82) is 0 Å². The molecule has 258 valence electrons. The molecule has 18 heteroatoms. The molecule has 1 unspecified atom stereocenters. The highest BCUT2D eigenvalue weighted by molar-refractivity contribution is 6.39. The fourth-order valence-electron chi connectivity index (χ4n) is 4.75. The molecule has 2 aliphatic carbocycles. The first kappa shape index (κ1) is 36.0. The third kappa shape index (κ3) is 7.50. The normalized spacial score (nSPS) is 16.4. The highest BCUT2D eigenvalue weighted by atomic mass is 35.5. The van der Waals surface area contributed by atoms with Gasteiger partial charge in [-0.1, -0.05) is 41.9 Å². The Bertz CT molecular complexity index is 1760. The van der Waals surface area contributed by atoms with Gasteiger partial charge in [-0.15, -0.1) is 0 Å².